The van der Waals surface area contributed by atoms with Crippen LogP contribution in [0.15, 0.2) is 0 Å². The summed E-state index contributed by atoms with van der Waals surface area (Å²) in [5.41, 5.74) is -3.63. The highest BCUT2D eigenvalue weighted by molar-refractivity contribution is 5.89. The summed E-state index contributed by atoms with van der Waals surface area (Å²) in [6, 6.07) is 0. The van der Waals surface area contributed by atoms with Crippen LogP contribution in [0.5, 0.6) is 0 Å². The first-order chi connectivity index (χ1) is 28.1. The summed E-state index contributed by atoms with van der Waals surface area (Å²) in [6.07, 6.45) is 38.6. The first-order valence-corrected chi connectivity index (χ1v) is 23.8. The fraction of sp³-hybridized carbons (Fsp3) is 0.936. The van der Waals surface area contributed by atoms with Crippen molar-refractivity contribution in [3.63, 3.8) is 0 Å². The maximum Gasteiger partial charge on any atom is 0.336 e. The van der Waals surface area contributed by atoms with E-state index in [1.807, 2.05) is 0 Å². The molecule has 0 radical (unpaired) electrons. The van der Waals surface area contributed by atoms with E-state index in [0.717, 1.165) is 25.7 Å². The van der Waals surface area contributed by atoms with Crippen molar-refractivity contribution in [2.45, 2.75) is 238 Å². The highest BCUT2D eigenvalue weighted by atomic mass is 16.5. The first-order valence-electron chi connectivity index (χ1n) is 23.8. The fourth-order valence-electron chi connectivity index (χ4n) is 6.77. The molecule has 0 spiro atoms. The van der Waals surface area contributed by atoms with Gasteiger partial charge >= 0.3 is 17.9 Å². The number of hydrogen-bond donors (Lipinski definition) is 6. The minimum atomic E-state index is -2.52. The van der Waals surface area contributed by atoms with Crippen LogP contribution < -0.4 is 0 Å². The highest BCUT2D eigenvalue weighted by Gasteiger charge is 2.42. The van der Waals surface area contributed by atoms with E-state index in [-0.39, 0.29) is 13.2 Å². The van der Waals surface area contributed by atoms with Gasteiger partial charge in [-0.3, -0.25) is 9.59 Å². The lowest BCUT2D eigenvalue weighted by Gasteiger charge is -2.23. The molecule has 0 bridgehead atoms. The number of rotatable bonds is 43. The van der Waals surface area contributed by atoms with Crippen molar-refractivity contribution in [2.24, 2.45) is 5.41 Å². The number of unbranched alkanes of at least 4 members (excludes halogenated alkanes) is 30. The molecule has 0 aromatic rings. The fourth-order valence-corrected chi connectivity index (χ4v) is 6.77. The monoisotopic (exact) mass is 833 g/mol. The average molecular weight is 833 g/mol. The molecule has 0 aromatic carbocycles. The molecule has 0 saturated carbocycles. The lowest BCUT2D eigenvalue weighted by Crippen LogP contribution is -2.43. The predicted octanol–water partition coefficient (Wildman–Crippen LogP) is 10.1. The van der Waals surface area contributed by atoms with E-state index in [1.165, 1.54) is 167 Å². The SMILES string of the molecule is CCCCCCCCCCCCCCCCCCOC(=O)CC(O)(CC(=O)OCCCCCCCCCCCCCCCCCC)C(=O)O.OCC(CO)(CO)CO. The van der Waals surface area contributed by atoms with Crippen molar-refractivity contribution < 1.29 is 54.5 Å². The van der Waals surface area contributed by atoms with Gasteiger partial charge in [0.1, 0.15) is 0 Å². The Balaban J connectivity index is 0. The number of aliphatic hydroxyl groups is 5. The Bertz CT molecular complexity index is 840. The normalized spacial score (nSPS) is 11.6. The van der Waals surface area contributed by atoms with E-state index in [4.69, 9.17) is 29.9 Å². The molecule has 0 aliphatic rings. The summed E-state index contributed by atoms with van der Waals surface area (Å²) >= 11 is 0. The summed E-state index contributed by atoms with van der Waals surface area (Å²) in [7, 11) is 0. The van der Waals surface area contributed by atoms with Gasteiger partial charge in [0.25, 0.3) is 0 Å². The number of carbonyl (C=O) groups is 3. The van der Waals surface area contributed by atoms with Crippen molar-refractivity contribution in [3.05, 3.63) is 0 Å². The number of hydrogen-bond acceptors (Lipinski definition) is 10. The Morgan fingerprint density at radius 2 is 0.586 bits per heavy atom. The zero-order chi connectivity index (χ0) is 43.4. The minimum Gasteiger partial charge on any atom is -0.479 e. The quantitative estimate of drug-likeness (QED) is 0.0253. The predicted molar refractivity (Wildman–Crippen MR) is 234 cm³/mol. The molecule has 0 aliphatic carbocycles. The van der Waals surface area contributed by atoms with Crippen LogP contribution in [-0.2, 0) is 23.9 Å². The Hall–Kier alpha value is -1.79. The molecule has 6 N–H and O–H groups in total. The van der Waals surface area contributed by atoms with Gasteiger partial charge in [-0.15, -0.1) is 0 Å². The van der Waals surface area contributed by atoms with Crippen LogP contribution in [0.4, 0.5) is 0 Å². The number of carboxylic acids is 1. The van der Waals surface area contributed by atoms with Gasteiger partial charge in [-0.2, -0.15) is 0 Å². The summed E-state index contributed by atoms with van der Waals surface area (Å²) in [5, 5.41) is 54.0. The second-order valence-corrected chi connectivity index (χ2v) is 16.9. The van der Waals surface area contributed by atoms with Crippen LogP contribution in [0.1, 0.15) is 232 Å². The van der Waals surface area contributed by atoms with Crippen LogP contribution in [0.3, 0.4) is 0 Å². The van der Waals surface area contributed by atoms with E-state index in [1.54, 1.807) is 0 Å². The van der Waals surface area contributed by atoms with Gasteiger partial charge in [0, 0.05) is 0 Å². The molecule has 0 atom stereocenters. The second kappa shape index (κ2) is 43.3. The number of aliphatic hydroxyl groups excluding tert-OH is 4. The molecule has 11 heteroatoms. The summed E-state index contributed by atoms with van der Waals surface area (Å²) in [4.78, 5) is 36.2. The average Bonchev–Trinajstić information content (AvgIpc) is 3.21. The smallest absolute Gasteiger partial charge is 0.336 e. The largest absolute Gasteiger partial charge is 0.479 e. The third-order valence-corrected chi connectivity index (χ3v) is 11.1. The van der Waals surface area contributed by atoms with Gasteiger partial charge in [0.15, 0.2) is 5.60 Å². The molecular formula is C47H92O11. The van der Waals surface area contributed by atoms with Crippen molar-refractivity contribution in [2.75, 3.05) is 39.6 Å². The Morgan fingerprint density at radius 1 is 0.379 bits per heavy atom. The van der Waals surface area contributed by atoms with E-state index < -0.39 is 68.2 Å². The number of aliphatic carboxylic acids is 1. The molecule has 346 valence electrons. The van der Waals surface area contributed by atoms with E-state index >= 15 is 0 Å². The van der Waals surface area contributed by atoms with Crippen LogP contribution in [0, 0.1) is 5.41 Å². The molecule has 0 amide bonds. The lowest BCUT2D eigenvalue weighted by atomic mass is 9.93. The van der Waals surface area contributed by atoms with Crippen molar-refractivity contribution in [1.82, 2.24) is 0 Å². The Labute approximate surface area is 354 Å². The summed E-state index contributed by atoms with van der Waals surface area (Å²) < 4.78 is 10.3. The Morgan fingerprint density at radius 3 is 0.759 bits per heavy atom. The lowest BCUT2D eigenvalue weighted by molar-refractivity contribution is -0.173. The molecule has 0 heterocycles. The second-order valence-electron chi connectivity index (χ2n) is 16.9. The zero-order valence-corrected chi connectivity index (χ0v) is 37.5. The summed E-state index contributed by atoms with van der Waals surface area (Å²) in [6.45, 7) is 3.28. The molecule has 0 aromatic heterocycles. The van der Waals surface area contributed by atoms with Gasteiger partial charge in [-0.05, 0) is 12.8 Å². The minimum absolute atomic E-state index is 0.191. The van der Waals surface area contributed by atoms with Gasteiger partial charge in [-0.25, -0.2) is 4.79 Å². The van der Waals surface area contributed by atoms with Gasteiger partial charge in [-0.1, -0.05) is 206 Å². The number of carbonyl (C=O) groups excluding carboxylic acids is 2. The van der Waals surface area contributed by atoms with Crippen LogP contribution in [0.25, 0.3) is 0 Å². The molecule has 0 unspecified atom stereocenters. The number of esters is 2. The van der Waals surface area contributed by atoms with Crippen molar-refractivity contribution in [3.8, 4) is 0 Å². The molecule has 0 rings (SSSR count). The standard InChI is InChI=1S/C42H80O7.C5H12O4/c1-3-5-7-9-11-13-15-17-19-21-23-25-27-29-31-33-35-48-39(43)37-42(47,41(45)46)38-40(44)49-36-34-32-30-28-26-24-22-20-18-16-14-12-10-8-6-4-2;6-1-5(2-7,3-8)4-9/h47H,3-38H2,1-2H3,(H,45,46);6-9H,1-4H2. The van der Waals surface area contributed by atoms with Gasteiger partial charge < -0.3 is 40.1 Å². The third kappa shape index (κ3) is 37.2. The maximum atomic E-state index is 12.2. The van der Waals surface area contributed by atoms with E-state index in [2.05, 4.69) is 13.8 Å². The van der Waals surface area contributed by atoms with Crippen molar-refractivity contribution in [1.29, 1.82) is 0 Å². The van der Waals surface area contributed by atoms with Gasteiger partial charge in [0.2, 0.25) is 0 Å². The highest BCUT2D eigenvalue weighted by Crippen LogP contribution is 2.20. The van der Waals surface area contributed by atoms with E-state index in [0.29, 0.717) is 12.8 Å². The third-order valence-electron chi connectivity index (χ3n) is 11.1. The van der Waals surface area contributed by atoms with Crippen LogP contribution in [-0.4, -0.2) is 93.8 Å². The molecule has 0 aliphatic heterocycles. The Kier molecular flexibility index (Phi) is 43.5. The van der Waals surface area contributed by atoms with Crippen LogP contribution in [0.2, 0.25) is 0 Å². The first kappa shape index (κ1) is 58.3. The van der Waals surface area contributed by atoms with E-state index in [9.17, 15) is 24.6 Å². The molecular weight excluding hydrogens is 741 g/mol. The summed E-state index contributed by atoms with van der Waals surface area (Å²) in [5.74, 6) is -3.24. The number of ether oxygens (including phenoxy) is 2. The number of carboxylic acid groups (broad SMARTS) is 1. The maximum absolute atomic E-state index is 12.2. The molecule has 11 nitrogen and oxygen atoms in total. The molecule has 0 saturated heterocycles. The molecule has 0 fully saturated rings. The van der Waals surface area contributed by atoms with Crippen LogP contribution >= 0.6 is 0 Å². The van der Waals surface area contributed by atoms with Crippen molar-refractivity contribution >= 4 is 17.9 Å². The molecule has 58 heavy (non-hydrogen) atoms. The zero-order valence-electron chi connectivity index (χ0n) is 37.5. The topological polar surface area (TPSA) is 191 Å². The van der Waals surface area contributed by atoms with Gasteiger partial charge in [0.05, 0.1) is 57.9 Å².